The van der Waals surface area contributed by atoms with Crippen LogP contribution >= 0.6 is 0 Å². The molecule has 4 aliphatic rings. The zero-order chi connectivity index (χ0) is 39.8. The first-order valence-electron chi connectivity index (χ1n) is 19.7. The fourth-order valence-corrected chi connectivity index (χ4v) is 8.45. The Hall–Kier alpha value is -5.87. The van der Waals surface area contributed by atoms with Gasteiger partial charge in [-0.05, 0) is 73.8 Å². The number of hydrogen-bond donors (Lipinski definition) is 3. The third-order valence-electron chi connectivity index (χ3n) is 11.7. The van der Waals surface area contributed by atoms with Gasteiger partial charge in [-0.15, -0.1) is 10.2 Å². The van der Waals surface area contributed by atoms with Crippen molar-refractivity contribution in [3.8, 4) is 28.4 Å². The van der Waals surface area contributed by atoms with E-state index in [2.05, 4.69) is 36.5 Å². The van der Waals surface area contributed by atoms with Crippen molar-refractivity contribution in [1.82, 2.24) is 30.2 Å². The van der Waals surface area contributed by atoms with Crippen LogP contribution in [0.5, 0.6) is 11.5 Å². The molecule has 16 nitrogen and oxygen atoms in total. The number of benzene rings is 2. The molecule has 3 aliphatic heterocycles. The molecule has 0 spiro atoms. The Labute approximate surface area is 330 Å². The normalized spacial score (nSPS) is 22.2. The maximum absolute atomic E-state index is 13.6. The highest BCUT2D eigenvalue weighted by molar-refractivity contribution is 6.02. The maximum Gasteiger partial charge on any atom is 0.328 e. The van der Waals surface area contributed by atoms with Gasteiger partial charge >= 0.3 is 5.97 Å². The molecule has 3 amide bonds. The van der Waals surface area contributed by atoms with Crippen molar-refractivity contribution in [1.29, 1.82) is 0 Å². The number of rotatable bonds is 9. The number of aromatic nitrogens is 4. The molecule has 8 rings (SSSR count). The SMILES string of the molecule is CC(C)C(N)C(=O)Oc1ccccc1-c1cc(-n2cc(N3CCN(C4CCC(c5cccc6c5OCCN6C5CCC(=O)NC5=O)CC4)CC3=O)cn2)c(N)nn1. The predicted molar refractivity (Wildman–Crippen MR) is 212 cm³/mol. The molecule has 16 heteroatoms. The summed E-state index contributed by atoms with van der Waals surface area (Å²) in [5.74, 6) is 0.494. The molecular formula is C41H48N10O6. The van der Waals surface area contributed by atoms with Gasteiger partial charge in [-0.1, -0.05) is 38.1 Å². The summed E-state index contributed by atoms with van der Waals surface area (Å²) in [6, 6.07) is 14.0. The maximum atomic E-state index is 13.6. The van der Waals surface area contributed by atoms with Gasteiger partial charge in [0.25, 0.3) is 0 Å². The second-order valence-corrected chi connectivity index (χ2v) is 15.6. The van der Waals surface area contributed by atoms with E-state index in [9.17, 15) is 19.2 Å². The topological polar surface area (TPSA) is 204 Å². The number of piperidine rings is 1. The molecule has 298 valence electrons. The highest BCUT2D eigenvalue weighted by atomic mass is 16.5. The minimum atomic E-state index is -0.780. The van der Waals surface area contributed by atoms with Crippen LogP contribution < -0.4 is 36.1 Å². The van der Waals surface area contributed by atoms with Crippen molar-refractivity contribution in [2.45, 2.75) is 76.4 Å². The van der Waals surface area contributed by atoms with Crippen LogP contribution in [-0.2, 0) is 19.2 Å². The van der Waals surface area contributed by atoms with E-state index in [4.69, 9.17) is 20.9 Å². The summed E-state index contributed by atoms with van der Waals surface area (Å²) in [4.78, 5) is 57.0. The third-order valence-corrected chi connectivity index (χ3v) is 11.7. The Kier molecular flexibility index (Phi) is 10.6. The average Bonchev–Trinajstić information content (AvgIpc) is 3.70. The highest BCUT2D eigenvalue weighted by Gasteiger charge is 2.38. The van der Waals surface area contributed by atoms with E-state index >= 15 is 0 Å². The van der Waals surface area contributed by atoms with Crippen molar-refractivity contribution in [3.63, 3.8) is 0 Å². The van der Waals surface area contributed by atoms with Crippen molar-refractivity contribution < 1.29 is 28.7 Å². The summed E-state index contributed by atoms with van der Waals surface area (Å²) < 4.78 is 13.5. The van der Waals surface area contributed by atoms with Gasteiger partial charge in [0.1, 0.15) is 35.9 Å². The van der Waals surface area contributed by atoms with Gasteiger partial charge in [0.2, 0.25) is 17.7 Å². The molecule has 2 aromatic carbocycles. The van der Waals surface area contributed by atoms with E-state index in [0.717, 1.165) is 49.2 Å². The minimum Gasteiger partial charge on any atom is -0.489 e. The zero-order valence-corrected chi connectivity index (χ0v) is 32.2. The van der Waals surface area contributed by atoms with Gasteiger partial charge in [0, 0.05) is 31.1 Å². The minimum absolute atomic E-state index is 0.00106. The van der Waals surface area contributed by atoms with E-state index in [1.807, 2.05) is 26.0 Å². The van der Waals surface area contributed by atoms with E-state index in [1.54, 1.807) is 52.3 Å². The Balaban J connectivity index is 0.902. The number of esters is 1. The third kappa shape index (κ3) is 7.66. The molecule has 0 bridgehead atoms. The monoisotopic (exact) mass is 776 g/mol. The van der Waals surface area contributed by atoms with Gasteiger partial charge < -0.3 is 30.7 Å². The Morgan fingerprint density at radius 2 is 1.77 bits per heavy atom. The number of carbonyl (C=O) groups is 4. The number of piperazine rings is 1. The van der Waals surface area contributed by atoms with Gasteiger partial charge in [-0.3, -0.25) is 24.6 Å². The summed E-state index contributed by atoms with van der Waals surface area (Å²) in [6.07, 6.45) is 8.08. The van der Waals surface area contributed by atoms with Crippen molar-refractivity contribution in [2.24, 2.45) is 11.7 Å². The van der Waals surface area contributed by atoms with Crippen LogP contribution in [0.3, 0.4) is 0 Å². The first kappa shape index (κ1) is 38.0. The Morgan fingerprint density at radius 1 is 0.965 bits per heavy atom. The number of nitrogen functional groups attached to an aromatic ring is 1. The molecule has 0 radical (unpaired) electrons. The first-order valence-corrected chi connectivity index (χ1v) is 19.7. The lowest BCUT2D eigenvalue weighted by Gasteiger charge is -2.42. The van der Waals surface area contributed by atoms with Gasteiger partial charge in [-0.2, -0.15) is 5.10 Å². The predicted octanol–water partition coefficient (Wildman–Crippen LogP) is 3.18. The number of ether oxygens (including phenoxy) is 2. The molecule has 57 heavy (non-hydrogen) atoms. The van der Waals surface area contributed by atoms with Crippen molar-refractivity contribution >= 4 is 40.9 Å². The number of imide groups is 1. The Bertz CT molecular complexity index is 2180. The molecule has 3 fully saturated rings. The quantitative estimate of drug-likeness (QED) is 0.127. The van der Waals surface area contributed by atoms with Crippen LogP contribution in [0.1, 0.15) is 63.9 Å². The standard InChI is InChI=1S/C41H48N10O6/c1-24(2)37(42)41(55)57-34-9-4-3-6-29(34)30-20-33(39(43)47-46-30)51-22-27(21-44-51)49-17-16-48(23-36(49)53)26-12-10-25(11-13-26)28-7-5-8-31-38(28)56-19-18-50(31)32-14-15-35(52)45-40(32)54/h3-9,20-22,24-26,32,37H,10-19,23,42H2,1-2H3,(H2,43,47)(H,45,52,54). The summed E-state index contributed by atoms with van der Waals surface area (Å²) >= 11 is 0. The van der Waals surface area contributed by atoms with Crippen LogP contribution in [0.25, 0.3) is 16.9 Å². The van der Waals surface area contributed by atoms with Crippen LogP contribution in [0.15, 0.2) is 60.9 Å². The number of nitrogens with zero attached hydrogens (tertiary/aromatic N) is 7. The molecule has 1 saturated carbocycles. The number of para-hydroxylation sites is 2. The number of hydrogen-bond acceptors (Lipinski definition) is 13. The molecule has 5 N–H and O–H groups in total. The van der Waals surface area contributed by atoms with Crippen LogP contribution in [0.4, 0.5) is 17.2 Å². The average molecular weight is 777 g/mol. The lowest BCUT2D eigenvalue weighted by atomic mass is 9.80. The number of nitrogens with one attached hydrogen (secondary N) is 1. The molecule has 1 aliphatic carbocycles. The van der Waals surface area contributed by atoms with E-state index in [1.165, 1.54) is 0 Å². The lowest BCUT2D eigenvalue weighted by Crippen LogP contribution is -2.54. The van der Waals surface area contributed by atoms with Crippen LogP contribution in [0, 0.1) is 5.92 Å². The molecule has 2 saturated heterocycles. The largest absolute Gasteiger partial charge is 0.489 e. The zero-order valence-electron chi connectivity index (χ0n) is 32.2. The number of nitrogens with two attached hydrogens (primary N) is 2. The smallest absolute Gasteiger partial charge is 0.328 e. The molecule has 2 atom stereocenters. The number of amides is 3. The van der Waals surface area contributed by atoms with E-state index in [0.29, 0.717) is 79.4 Å². The fraction of sp³-hybridized carbons (Fsp3) is 0.439. The first-order chi connectivity index (χ1) is 27.5. The summed E-state index contributed by atoms with van der Waals surface area (Å²) in [5.41, 5.74) is 16.5. The van der Waals surface area contributed by atoms with Crippen LogP contribution in [0.2, 0.25) is 0 Å². The van der Waals surface area contributed by atoms with Crippen LogP contribution in [-0.4, -0.2) is 99.5 Å². The second kappa shape index (κ2) is 15.9. The summed E-state index contributed by atoms with van der Waals surface area (Å²) in [6.45, 7) is 6.34. The van der Waals surface area contributed by atoms with Crippen molar-refractivity contribution in [2.75, 3.05) is 48.3 Å². The molecule has 2 unspecified atom stereocenters. The lowest BCUT2D eigenvalue weighted by molar-refractivity contribution is -0.137. The van der Waals surface area contributed by atoms with Gasteiger partial charge in [-0.25, -0.2) is 9.48 Å². The van der Waals surface area contributed by atoms with E-state index < -0.39 is 12.0 Å². The molecule has 2 aromatic heterocycles. The summed E-state index contributed by atoms with van der Waals surface area (Å²) in [7, 11) is 0. The molecule has 4 aromatic rings. The number of fused-ring (bicyclic) bond motifs is 1. The van der Waals surface area contributed by atoms with Gasteiger partial charge in [0.05, 0.1) is 42.6 Å². The Morgan fingerprint density at radius 3 is 2.54 bits per heavy atom. The number of carbonyl (C=O) groups excluding carboxylic acids is 4. The fourth-order valence-electron chi connectivity index (χ4n) is 8.45. The molecular weight excluding hydrogens is 729 g/mol. The van der Waals surface area contributed by atoms with E-state index in [-0.39, 0.29) is 35.5 Å². The highest BCUT2D eigenvalue weighted by Crippen LogP contribution is 2.45. The van der Waals surface area contributed by atoms with Crippen molar-refractivity contribution in [3.05, 3.63) is 66.5 Å². The number of anilines is 3. The molecule has 5 heterocycles. The summed E-state index contributed by atoms with van der Waals surface area (Å²) in [5, 5.41) is 15.5. The van der Waals surface area contributed by atoms with Gasteiger partial charge in [0.15, 0.2) is 5.82 Å². The second-order valence-electron chi connectivity index (χ2n) is 15.6.